The summed E-state index contributed by atoms with van der Waals surface area (Å²) in [4.78, 5) is 36.4. The number of hydrogen-bond donors (Lipinski definition) is 1. The number of morpholine rings is 1. The number of amides is 1. The molecule has 4 rings (SSSR count). The second kappa shape index (κ2) is 13.7. The molecule has 8 nitrogen and oxygen atoms in total. The highest BCUT2D eigenvalue weighted by atomic mass is 32.2. The summed E-state index contributed by atoms with van der Waals surface area (Å²) in [6, 6.07) is 3.78. The number of nitrogens with zero attached hydrogens (tertiary/aromatic N) is 4. The Morgan fingerprint density at radius 3 is 2.76 bits per heavy atom. The molecule has 2 aliphatic heterocycles. The van der Waals surface area contributed by atoms with Gasteiger partial charge in [0.05, 0.1) is 23.7 Å². The number of carbonyl (C=O) groups excluding carboxylic acids is 1. The first-order valence-electron chi connectivity index (χ1n) is 13.7. The van der Waals surface area contributed by atoms with Gasteiger partial charge in [0, 0.05) is 32.4 Å². The Hall–Kier alpha value is -2.27. The van der Waals surface area contributed by atoms with E-state index in [0.29, 0.717) is 45.3 Å². The van der Waals surface area contributed by atoms with Crippen molar-refractivity contribution >= 4 is 51.7 Å². The number of anilines is 1. The Morgan fingerprint density at radius 1 is 1.24 bits per heavy atom. The van der Waals surface area contributed by atoms with Gasteiger partial charge in [-0.3, -0.25) is 23.8 Å². The van der Waals surface area contributed by atoms with Crippen LogP contribution in [-0.4, -0.2) is 75.3 Å². The largest absolute Gasteiger partial charge is 0.379 e. The zero-order valence-corrected chi connectivity index (χ0v) is 24.3. The normalized spacial score (nSPS) is 18.6. The van der Waals surface area contributed by atoms with Crippen molar-refractivity contribution in [3.63, 3.8) is 0 Å². The van der Waals surface area contributed by atoms with Crippen LogP contribution in [0.3, 0.4) is 0 Å². The number of carbonyl (C=O) groups is 1. The van der Waals surface area contributed by atoms with Gasteiger partial charge < -0.3 is 10.1 Å². The predicted octanol–water partition coefficient (Wildman–Crippen LogP) is 4.55. The second-order valence-electron chi connectivity index (χ2n) is 10.0. The second-order valence-corrected chi connectivity index (χ2v) is 11.7. The van der Waals surface area contributed by atoms with Crippen LogP contribution in [0.2, 0.25) is 0 Å². The highest BCUT2D eigenvalue weighted by molar-refractivity contribution is 8.26. The molecule has 1 N–H and O–H groups in total. The molecule has 0 radical (unpaired) electrons. The molecule has 4 heterocycles. The Balaban J connectivity index is 1.58. The van der Waals surface area contributed by atoms with Gasteiger partial charge in [-0.2, -0.15) is 0 Å². The lowest BCUT2D eigenvalue weighted by atomic mass is 9.99. The van der Waals surface area contributed by atoms with Crippen LogP contribution in [0.25, 0.3) is 11.7 Å². The van der Waals surface area contributed by atoms with Crippen molar-refractivity contribution in [2.75, 3.05) is 51.3 Å². The monoisotopic (exact) mass is 557 g/mol. The van der Waals surface area contributed by atoms with Crippen LogP contribution < -0.4 is 10.9 Å². The van der Waals surface area contributed by atoms with E-state index in [1.165, 1.54) is 11.8 Å². The number of pyridine rings is 1. The number of thioether (sulfide) groups is 1. The van der Waals surface area contributed by atoms with Crippen LogP contribution in [0.4, 0.5) is 5.82 Å². The van der Waals surface area contributed by atoms with E-state index in [1.54, 1.807) is 21.6 Å². The molecule has 1 atom stereocenters. The minimum absolute atomic E-state index is 0.123. The number of thiocarbonyl (C=S) groups is 1. The van der Waals surface area contributed by atoms with Gasteiger partial charge >= 0.3 is 0 Å². The molecule has 38 heavy (non-hydrogen) atoms. The molecular formula is C28H39N5O3S2. The van der Waals surface area contributed by atoms with E-state index < -0.39 is 0 Å². The third kappa shape index (κ3) is 6.83. The van der Waals surface area contributed by atoms with Crippen LogP contribution in [0.1, 0.15) is 57.1 Å². The van der Waals surface area contributed by atoms with Crippen molar-refractivity contribution in [2.24, 2.45) is 5.92 Å². The maximum atomic E-state index is 13.6. The zero-order chi connectivity index (χ0) is 27.1. The van der Waals surface area contributed by atoms with Crippen LogP contribution in [0.15, 0.2) is 28.0 Å². The van der Waals surface area contributed by atoms with Crippen molar-refractivity contribution in [1.82, 2.24) is 19.2 Å². The molecule has 0 saturated carbocycles. The molecule has 206 valence electrons. The quantitative estimate of drug-likeness (QED) is 0.231. The molecule has 2 saturated heterocycles. The van der Waals surface area contributed by atoms with Crippen molar-refractivity contribution in [2.45, 2.75) is 52.9 Å². The Morgan fingerprint density at radius 2 is 2.03 bits per heavy atom. The van der Waals surface area contributed by atoms with Gasteiger partial charge in [-0.15, -0.1) is 0 Å². The van der Waals surface area contributed by atoms with Gasteiger partial charge in [-0.05, 0) is 49.9 Å². The third-order valence-electron chi connectivity index (χ3n) is 7.26. The molecule has 0 aromatic carbocycles. The summed E-state index contributed by atoms with van der Waals surface area (Å²) in [7, 11) is 0. The average molecular weight is 558 g/mol. The lowest BCUT2D eigenvalue weighted by Gasteiger charge is -2.26. The van der Waals surface area contributed by atoms with E-state index in [9.17, 15) is 9.59 Å². The zero-order valence-electron chi connectivity index (χ0n) is 22.7. The summed E-state index contributed by atoms with van der Waals surface area (Å²) < 4.78 is 7.55. The minimum Gasteiger partial charge on any atom is -0.379 e. The Labute approximate surface area is 234 Å². The van der Waals surface area contributed by atoms with Crippen LogP contribution >= 0.6 is 24.0 Å². The Bertz CT molecular complexity index is 1240. The number of rotatable bonds is 12. The van der Waals surface area contributed by atoms with Gasteiger partial charge in [0.25, 0.3) is 11.5 Å². The van der Waals surface area contributed by atoms with Crippen LogP contribution in [0.5, 0.6) is 0 Å². The van der Waals surface area contributed by atoms with Crippen molar-refractivity contribution < 1.29 is 9.53 Å². The number of ether oxygens (including phenoxy) is 1. The van der Waals surface area contributed by atoms with Crippen LogP contribution in [-0.2, 0) is 9.53 Å². The fourth-order valence-electron chi connectivity index (χ4n) is 4.87. The lowest BCUT2D eigenvalue weighted by molar-refractivity contribution is -0.122. The molecule has 0 aliphatic carbocycles. The molecule has 0 spiro atoms. The van der Waals surface area contributed by atoms with E-state index in [0.717, 1.165) is 70.5 Å². The number of hydrogen-bond acceptors (Lipinski definition) is 8. The molecule has 0 unspecified atom stereocenters. The first-order valence-corrected chi connectivity index (χ1v) is 15.0. The average Bonchev–Trinajstić information content (AvgIpc) is 3.19. The van der Waals surface area contributed by atoms with E-state index in [1.807, 2.05) is 19.1 Å². The smallest absolute Gasteiger partial charge is 0.267 e. The van der Waals surface area contributed by atoms with Crippen molar-refractivity contribution in [3.05, 3.63) is 44.7 Å². The minimum atomic E-state index is -0.200. The standard InChI is InChI=1S/C28H39N5O3S2/c1-4-6-10-21(5-2)19-33-27(35)23(38-28(33)37)18-22-24(29-11-8-12-31-14-16-36-17-15-31)30-25-20(3)9-7-13-32(25)26(22)34/h7,9,13,18,21,29H,4-6,8,10-12,14-17,19H2,1-3H3/b23-18-/t21-/m0/s1. The number of aromatic nitrogens is 2. The summed E-state index contributed by atoms with van der Waals surface area (Å²) in [6.07, 6.45) is 8.67. The van der Waals surface area contributed by atoms with Gasteiger partial charge in [0.15, 0.2) is 0 Å². The van der Waals surface area contributed by atoms with Gasteiger partial charge in [-0.25, -0.2) is 4.98 Å². The maximum absolute atomic E-state index is 13.6. The maximum Gasteiger partial charge on any atom is 0.267 e. The molecular weight excluding hydrogens is 518 g/mol. The molecule has 10 heteroatoms. The predicted molar refractivity (Wildman–Crippen MR) is 160 cm³/mol. The molecule has 2 aromatic rings. The molecule has 0 bridgehead atoms. The fraction of sp³-hybridized carbons (Fsp3) is 0.571. The summed E-state index contributed by atoms with van der Waals surface area (Å²) in [5, 5.41) is 3.39. The van der Waals surface area contributed by atoms with E-state index in [2.05, 4.69) is 24.1 Å². The lowest BCUT2D eigenvalue weighted by Crippen LogP contribution is -2.37. The molecule has 1 amide bonds. The topological polar surface area (TPSA) is 79.2 Å². The number of nitrogens with one attached hydrogen (secondary N) is 1. The van der Waals surface area contributed by atoms with E-state index >= 15 is 0 Å². The van der Waals surface area contributed by atoms with Crippen LogP contribution in [0, 0.1) is 12.8 Å². The third-order valence-corrected chi connectivity index (χ3v) is 8.64. The van der Waals surface area contributed by atoms with Gasteiger partial charge in [-0.1, -0.05) is 63.2 Å². The molecule has 2 aliphatic rings. The summed E-state index contributed by atoms with van der Waals surface area (Å²) in [6.45, 7) is 12.0. The number of fused-ring (bicyclic) bond motifs is 1. The molecule has 2 aromatic heterocycles. The highest BCUT2D eigenvalue weighted by Crippen LogP contribution is 2.34. The van der Waals surface area contributed by atoms with E-state index in [4.69, 9.17) is 21.9 Å². The summed E-state index contributed by atoms with van der Waals surface area (Å²) in [5.41, 5.74) is 1.71. The molecule has 2 fully saturated rings. The van der Waals surface area contributed by atoms with Crippen molar-refractivity contribution in [3.8, 4) is 0 Å². The van der Waals surface area contributed by atoms with Gasteiger partial charge in [0.1, 0.15) is 15.8 Å². The number of aryl methyl sites for hydroxylation is 1. The van der Waals surface area contributed by atoms with E-state index in [-0.39, 0.29) is 11.5 Å². The first kappa shape index (κ1) is 28.7. The Kier molecular flexibility index (Phi) is 10.3. The summed E-state index contributed by atoms with van der Waals surface area (Å²) in [5.74, 6) is 0.796. The fourth-order valence-corrected chi connectivity index (χ4v) is 6.13. The SMILES string of the molecule is CCCC[C@H](CC)CN1C(=O)/C(=C/c2c(NCCCN3CCOCC3)nc3c(C)cccn3c2=O)SC1=S. The summed E-state index contributed by atoms with van der Waals surface area (Å²) >= 11 is 6.87. The van der Waals surface area contributed by atoms with Crippen molar-refractivity contribution in [1.29, 1.82) is 0 Å². The number of unbranched alkanes of at least 4 members (excludes halogenated alkanes) is 1. The first-order chi connectivity index (χ1) is 18.4. The van der Waals surface area contributed by atoms with Gasteiger partial charge in [0.2, 0.25) is 0 Å². The highest BCUT2D eigenvalue weighted by Gasteiger charge is 2.33.